The standard InChI is InChI=1S/C17H18N4O/c1-2-18-17(22)21(12-13-8-4-3-5-9-13)16-19-14-10-6-7-11-15(14)20-16/h3-11H,2,12H2,1H3,(H,18,22)(H,19,20). The van der Waals surface area contributed by atoms with E-state index in [1.165, 1.54) is 0 Å². The molecule has 112 valence electrons. The number of hydrogen-bond donors (Lipinski definition) is 2. The van der Waals surface area contributed by atoms with Crippen LogP contribution >= 0.6 is 0 Å². The van der Waals surface area contributed by atoms with E-state index in [0.717, 1.165) is 16.6 Å². The summed E-state index contributed by atoms with van der Waals surface area (Å²) in [5.41, 5.74) is 2.81. The van der Waals surface area contributed by atoms with Gasteiger partial charge in [0.05, 0.1) is 17.6 Å². The number of aromatic nitrogens is 2. The fourth-order valence-corrected chi connectivity index (χ4v) is 2.32. The number of fused-ring (bicyclic) bond motifs is 1. The molecule has 0 aliphatic heterocycles. The summed E-state index contributed by atoms with van der Waals surface area (Å²) in [6, 6.07) is 17.5. The fourth-order valence-electron chi connectivity index (χ4n) is 2.32. The largest absolute Gasteiger partial charge is 0.338 e. The number of amides is 2. The van der Waals surface area contributed by atoms with Crippen molar-refractivity contribution in [3.8, 4) is 0 Å². The number of urea groups is 1. The second-order valence-electron chi connectivity index (χ2n) is 4.98. The molecular weight excluding hydrogens is 276 g/mol. The topological polar surface area (TPSA) is 61.0 Å². The van der Waals surface area contributed by atoms with Crippen molar-refractivity contribution < 1.29 is 4.79 Å². The van der Waals surface area contributed by atoms with E-state index in [1.54, 1.807) is 4.90 Å². The average molecular weight is 294 g/mol. The fraction of sp³-hybridized carbons (Fsp3) is 0.176. The summed E-state index contributed by atoms with van der Waals surface area (Å²) in [7, 11) is 0. The molecule has 0 saturated heterocycles. The molecule has 0 spiro atoms. The van der Waals surface area contributed by atoms with Crippen LogP contribution in [0, 0.1) is 0 Å². The average Bonchev–Trinajstić information content (AvgIpc) is 2.97. The Balaban J connectivity index is 1.95. The quantitative estimate of drug-likeness (QED) is 0.775. The Kier molecular flexibility index (Phi) is 4.05. The second-order valence-corrected chi connectivity index (χ2v) is 4.98. The molecule has 1 aromatic heterocycles. The summed E-state index contributed by atoms with van der Waals surface area (Å²) in [5, 5.41) is 2.84. The van der Waals surface area contributed by atoms with Crippen molar-refractivity contribution in [1.29, 1.82) is 0 Å². The molecule has 0 bridgehead atoms. The normalized spacial score (nSPS) is 10.6. The molecule has 22 heavy (non-hydrogen) atoms. The summed E-state index contributed by atoms with van der Waals surface area (Å²) >= 11 is 0. The number of aromatic amines is 1. The minimum Gasteiger partial charge on any atom is -0.338 e. The van der Waals surface area contributed by atoms with Crippen LogP contribution in [0.2, 0.25) is 0 Å². The van der Waals surface area contributed by atoms with Gasteiger partial charge in [0.2, 0.25) is 5.95 Å². The zero-order valence-electron chi connectivity index (χ0n) is 12.4. The van der Waals surface area contributed by atoms with E-state index in [2.05, 4.69) is 15.3 Å². The van der Waals surface area contributed by atoms with Gasteiger partial charge in [0, 0.05) is 6.54 Å². The highest BCUT2D eigenvalue weighted by Gasteiger charge is 2.19. The van der Waals surface area contributed by atoms with Gasteiger partial charge in [-0.25, -0.2) is 9.78 Å². The van der Waals surface area contributed by atoms with Crippen LogP contribution in [0.4, 0.5) is 10.7 Å². The van der Waals surface area contributed by atoms with Crippen LogP contribution in [0.3, 0.4) is 0 Å². The number of carbonyl (C=O) groups excluding carboxylic acids is 1. The lowest BCUT2D eigenvalue weighted by Crippen LogP contribution is -2.40. The maximum Gasteiger partial charge on any atom is 0.324 e. The van der Waals surface area contributed by atoms with E-state index in [4.69, 9.17) is 0 Å². The molecule has 0 aliphatic rings. The monoisotopic (exact) mass is 294 g/mol. The molecule has 0 fully saturated rings. The lowest BCUT2D eigenvalue weighted by molar-refractivity contribution is 0.246. The third-order valence-electron chi connectivity index (χ3n) is 3.39. The van der Waals surface area contributed by atoms with Crippen molar-refractivity contribution >= 4 is 23.0 Å². The first-order valence-electron chi connectivity index (χ1n) is 7.32. The van der Waals surface area contributed by atoms with Crippen molar-refractivity contribution in [3.05, 3.63) is 60.2 Å². The Bertz CT molecular complexity index is 733. The third-order valence-corrected chi connectivity index (χ3v) is 3.39. The lowest BCUT2D eigenvalue weighted by atomic mass is 10.2. The van der Waals surface area contributed by atoms with Crippen LogP contribution < -0.4 is 10.2 Å². The number of benzene rings is 2. The number of carbonyl (C=O) groups is 1. The van der Waals surface area contributed by atoms with Crippen molar-refractivity contribution in [2.24, 2.45) is 0 Å². The minimum absolute atomic E-state index is 0.162. The number of H-pyrrole nitrogens is 1. The highest BCUT2D eigenvalue weighted by molar-refractivity contribution is 5.92. The van der Waals surface area contributed by atoms with Gasteiger partial charge in [0.1, 0.15) is 0 Å². The molecule has 5 heteroatoms. The smallest absolute Gasteiger partial charge is 0.324 e. The summed E-state index contributed by atoms with van der Waals surface area (Å²) in [6.07, 6.45) is 0. The first-order valence-corrected chi connectivity index (χ1v) is 7.32. The molecule has 2 amide bonds. The molecule has 0 radical (unpaired) electrons. The van der Waals surface area contributed by atoms with Crippen molar-refractivity contribution in [2.45, 2.75) is 13.5 Å². The second kappa shape index (κ2) is 6.30. The number of imidazole rings is 1. The summed E-state index contributed by atoms with van der Waals surface area (Å²) in [6.45, 7) is 2.94. The van der Waals surface area contributed by atoms with Gasteiger partial charge in [-0.15, -0.1) is 0 Å². The highest BCUT2D eigenvalue weighted by Crippen LogP contribution is 2.19. The molecule has 5 nitrogen and oxygen atoms in total. The van der Waals surface area contributed by atoms with Crippen molar-refractivity contribution in [1.82, 2.24) is 15.3 Å². The lowest BCUT2D eigenvalue weighted by Gasteiger charge is -2.20. The van der Waals surface area contributed by atoms with Crippen LogP contribution in [0.5, 0.6) is 0 Å². The van der Waals surface area contributed by atoms with E-state index in [9.17, 15) is 4.79 Å². The third kappa shape index (κ3) is 2.93. The summed E-state index contributed by atoms with van der Waals surface area (Å²) in [5.74, 6) is 0.552. The van der Waals surface area contributed by atoms with Crippen molar-refractivity contribution in [3.63, 3.8) is 0 Å². The molecule has 0 aliphatic carbocycles. The number of para-hydroxylation sites is 2. The zero-order chi connectivity index (χ0) is 15.4. The van der Waals surface area contributed by atoms with Gasteiger partial charge >= 0.3 is 6.03 Å². The van der Waals surface area contributed by atoms with Crippen LogP contribution in [-0.4, -0.2) is 22.5 Å². The summed E-state index contributed by atoms with van der Waals surface area (Å²) < 4.78 is 0. The maximum absolute atomic E-state index is 12.4. The first kappa shape index (κ1) is 14.1. The van der Waals surface area contributed by atoms with Crippen LogP contribution in [-0.2, 0) is 6.54 Å². The molecule has 1 heterocycles. The van der Waals surface area contributed by atoms with E-state index in [0.29, 0.717) is 19.0 Å². The maximum atomic E-state index is 12.4. The molecule has 2 aromatic carbocycles. The molecule has 0 saturated carbocycles. The number of nitrogens with zero attached hydrogens (tertiary/aromatic N) is 2. The van der Waals surface area contributed by atoms with E-state index < -0.39 is 0 Å². The van der Waals surface area contributed by atoms with Gasteiger partial charge in [0.25, 0.3) is 0 Å². The predicted octanol–water partition coefficient (Wildman–Crippen LogP) is 3.30. The first-order chi connectivity index (χ1) is 10.8. The molecular formula is C17H18N4O. The Morgan fingerprint density at radius 2 is 1.86 bits per heavy atom. The SMILES string of the molecule is CCNC(=O)N(Cc1ccccc1)c1nc2ccccc2[nH]1. The van der Waals surface area contributed by atoms with Crippen molar-refractivity contribution in [2.75, 3.05) is 11.4 Å². The van der Waals surface area contributed by atoms with Crippen LogP contribution in [0.15, 0.2) is 54.6 Å². The molecule has 3 rings (SSSR count). The molecule has 0 unspecified atom stereocenters. The van der Waals surface area contributed by atoms with Gasteiger partial charge in [-0.3, -0.25) is 4.90 Å². The Hall–Kier alpha value is -2.82. The molecule has 2 N–H and O–H groups in total. The van der Waals surface area contributed by atoms with Crippen LogP contribution in [0.25, 0.3) is 11.0 Å². The Labute approximate surface area is 129 Å². The van der Waals surface area contributed by atoms with E-state index in [1.807, 2.05) is 61.5 Å². The van der Waals surface area contributed by atoms with Gasteiger partial charge in [0.15, 0.2) is 0 Å². The number of nitrogens with one attached hydrogen (secondary N) is 2. The van der Waals surface area contributed by atoms with E-state index >= 15 is 0 Å². The van der Waals surface area contributed by atoms with Gasteiger partial charge in [-0.2, -0.15) is 0 Å². The zero-order valence-corrected chi connectivity index (χ0v) is 12.4. The molecule has 3 aromatic rings. The Morgan fingerprint density at radius 3 is 2.59 bits per heavy atom. The van der Waals surface area contributed by atoms with E-state index in [-0.39, 0.29) is 6.03 Å². The molecule has 0 atom stereocenters. The minimum atomic E-state index is -0.162. The highest BCUT2D eigenvalue weighted by atomic mass is 16.2. The van der Waals surface area contributed by atoms with Gasteiger partial charge in [-0.05, 0) is 24.6 Å². The van der Waals surface area contributed by atoms with Gasteiger partial charge in [-0.1, -0.05) is 42.5 Å². The predicted molar refractivity (Wildman–Crippen MR) is 87.8 cm³/mol. The Morgan fingerprint density at radius 1 is 1.14 bits per heavy atom. The summed E-state index contributed by atoms with van der Waals surface area (Å²) in [4.78, 5) is 21.7. The number of hydrogen-bond acceptors (Lipinski definition) is 2. The number of anilines is 1. The van der Waals surface area contributed by atoms with Crippen LogP contribution in [0.1, 0.15) is 12.5 Å². The van der Waals surface area contributed by atoms with Gasteiger partial charge < -0.3 is 10.3 Å². The number of rotatable bonds is 4.